The predicted molar refractivity (Wildman–Crippen MR) is 49.3 cm³/mol. The minimum atomic E-state index is -0.213. The summed E-state index contributed by atoms with van der Waals surface area (Å²) in [5, 5.41) is 0. The van der Waals surface area contributed by atoms with Crippen molar-refractivity contribution in [1.82, 2.24) is 0 Å². The standard InChI is InChI=1S/C11H10O2/c12-11-10(7-4-8-13-11)9-5-2-1-3-6-9/h1-7,10H,8H2. The van der Waals surface area contributed by atoms with Crippen LogP contribution < -0.4 is 0 Å². The second kappa shape index (κ2) is 3.44. The highest BCUT2D eigenvalue weighted by molar-refractivity contribution is 5.81. The Labute approximate surface area is 76.8 Å². The summed E-state index contributed by atoms with van der Waals surface area (Å²) in [6.45, 7) is 0.405. The molecule has 1 unspecified atom stereocenters. The Morgan fingerprint density at radius 2 is 2.00 bits per heavy atom. The maximum atomic E-state index is 11.3. The minimum Gasteiger partial charge on any atom is -0.461 e. The van der Waals surface area contributed by atoms with Crippen molar-refractivity contribution in [2.45, 2.75) is 5.92 Å². The second-order valence-electron chi connectivity index (χ2n) is 2.95. The normalized spacial score (nSPS) is 21.2. The highest BCUT2D eigenvalue weighted by Crippen LogP contribution is 2.21. The van der Waals surface area contributed by atoms with E-state index in [-0.39, 0.29) is 11.9 Å². The zero-order chi connectivity index (χ0) is 9.10. The monoisotopic (exact) mass is 174 g/mol. The first-order chi connectivity index (χ1) is 6.38. The van der Waals surface area contributed by atoms with Gasteiger partial charge >= 0.3 is 5.97 Å². The molecule has 1 atom stereocenters. The number of ether oxygens (including phenoxy) is 1. The lowest BCUT2D eigenvalue weighted by molar-refractivity contribution is -0.143. The van der Waals surface area contributed by atoms with Crippen LogP contribution in [0.15, 0.2) is 42.5 Å². The van der Waals surface area contributed by atoms with Crippen molar-refractivity contribution in [3.05, 3.63) is 48.0 Å². The molecule has 13 heavy (non-hydrogen) atoms. The maximum Gasteiger partial charge on any atom is 0.317 e. The van der Waals surface area contributed by atoms with Crippen molar-refractivity contribution in [2.24, 2.45) is 0 Å². The Morgan fingerprint density at radius 3 is 2.69 bits per heavy atom. The minimum absolute atomic E-state index is 0.159. The van der Waals surface area contributed by atoms with Gasteiger partial charge in [-0.15, -0.1) is 0 Å². The molecule has 66 valence electrons. The van der Waals surface area contributed by atoms with E-state index in [9.17, 15) is 4.79 Å². The van der Waals surface area contributed by atoms with E-state index in [0.29, 0.717) is 6.61 Å². The second-order valence-corrected chi connectivity index (χ2v) is 2.95. The van der Waals surface area contributed by atoms with E-state index in [2.05, 4.69) is 0 Å². The summed E-state index contributed by atoms with van der Waals surface area (Å²) in [4.78, 5) is 11.3. The molecule has 0 spiro atoms. The lowest BCUT2D eigenvalue weighted by Gasteiger charge is -2.15. The first kappa shape index (κ1) is 8.05. The molecular formula is C11H10O2. The van der Waals surface area contributed by atoms with Crippen LogP contribution in [-0.2, 0) is 9.53 Å². The van der Waals surface area contributed by atoms with E-state index in [1.165, 1.54) is 0 Å². The third kappa shape index (κ3) is 1.61. The van der Waals surface area contributed by atoms with E-state index in [0.717, 1.165) is 5.56 Å². The van der Waals surface area contributed by atoms with Crippen molar-refractivity contribution in [1.29, 1.82) is 0 Å². The first-order valence-corrected chi connectivity index (χ1v) is 4.26. The van der Waals surface area contributed by atoms with Gasteiger partial charge in [-0.25, -0.2) is 0 Å². The highest BCUT2D eigenvalue weighted by atomic mass is 16.5. The third-order valence-electron chi connectivity index (χ3n) is 2.06. The highest BCUT2D eigenvalue weighted by Gasteiger charge is 2.20. The summed E-state index contributed by atoms with van der Waals surface area (Å²) in [7, 11) is 0. The van der Waals surface area contributed by atoms with Gasteiger partial charge in [-0.3, -0.25) is 4.79 Å². The quantitative estimate of drug-likeness (QED) is 0.480. The number of carbonyl (C=O) groups excluding carboxylic acids is 1. The van der Waals surface area contributed by atoms with Crippen LogP contribution in [0.4, 0.5) is 0 Å². The largest absolute Gasteiger partial charge is 0.461 e. The van der Waals surface area contributed by atoms with Gasteiger partial charge in [0, 0.05) is 0 Å². The van der Waals surface area contributed by atoms with E-state index in [1.807, 2.05) is 42.5 Å². The first-order valence-electron chi connectivity index (χ1n) is 4.26. The number of hydrogen-bond acceptors (Lipinski definition) is 2. The molecule has 1 aromatic carbocycles. The number of hydrogen-bond donors (Lipinski definition) is 0. The van der Waals surface area contributed by atoms with Crippen molar-refractivity contribution < 1.29 is 9.53 Å². The van der Waals surface area contributed by atoms with E-state index in [4.69, 9.17) is 4.74 Å². The van der Waals surface area contributed by atoms with Crippen LogP contribution in [0.25, 0.3) is 0 Å². The molecule has 0 saturated heterocycles. The molecule has 2 heteroatoms. The van der Waals surface area contributed by atoms with E-state index in [1.54, 1.807) is 0 Å². The molecule has 1 aromatic rings. The zero-order valence-corrected chi connectivity index (χ0v) is 7.14. The van der Waals surface area contributed by atoms with Gasteiger partial charge < -0.3 is 4.74 Å². The predicted octanol–water partition coefficient (Wildman–Crippen LogP) is 1.88. The van der Waals surface area contributed by atoms with Crippen LogP contribution in [0.3, 0.4) is 0 Å². The van der Waals surface area contributed by atoms with E-state index >= 15 is 0 Å². The lowest BCUT2D eigenvalue weighted by atomic mass is 9.98. The van der Waals surface area contributed by atoms with Gasteiger partial charge in [0.15, 0.2) is 0 Å². The fraction of sp³-hybridized carbons (Fsp3) is 0.182. The lowest BCUT2D eigenvalue weighted by Crippen LogP contribution is -2.17. The molecular weight excluding hydrogens is 164 g/mol. The molecule has 0 amide bonds. The molecule has 0 fully saturated rings. The average molecular weight is 174 g/mol. The Balaban J connectivity index is 2.30. The van der Waals surface area contributed by atoms with Gasteiger partial charge in [-0.05, 0) is 5.56 Å². The molecule has 0 aromatic heterocycles. The summed E-state index contributed by atoms with van der Waals surface area (Å²) in [5.74, 6) is -0.372. The average Bonchev–Trinajstić information content (AvgIpc) is 2.20. The van der Waals surface area contributed by atoms with Crippen LogP contribution in [0.2, 0.25) is 0 Å². The number of carbonyl (C=O) groups is 1. The molecule has 0 N–H and O–H groups in total. The summed E-state index contributed by atoms with van der Waals surface area (Å²) < 4.78 is 4.92. The van der Waals surface area contributed by atoms with Gasteiger partial charge in [0.05, 0.1) is 0 Å². The fourth-order valence-corrected chi connectivity index (χ4v) is 1.40. The Hall–Kier alpha value is -1.57. The summed E-state index contributed by atoms with van der Waals surface area (Å²) in [6, 6.07) is 9.64. The molecule has 0 bridgehead atoms. The van der Waals surface area contributed by atoms with Crippen molar-refractivity contribution in [2.75, 3.05) is 6.61 Å². The topological polar surface area (TPSA) is 26.3 Å². The van der Waals surface area contributed by atoms with Gasteiger partial charge in [0.25, 0.3) is 0 Å². The Bertz CT molecular complexity index is 327. The number of benzene rings is 1. The van der Waals surface area contributed by atoms with Gasteiger partial charge in [-0.2, -0.15) is 0 Å². The van der Waals surface area contributed by atoms with Crippen LogP contribution in [0.1, 0.15) is 11.5 Å². The van der Waals surface area contributed by atoms with Crippen molar-refractivity contribution >= 4 is 5.97 Å². The SMILES string of the molecule is O=C1OCC=CC1c1ccccc1. The molecule has 0 saturated carbocycles. The summed E-state index contributed by atoms with van der Waals surface area (Å²) in [5.41, 5.74) is 0.989. The molecule has 0 radical (unpaired) electrons. The molecule has 2 rings (SSSR count). The number of esters is 1. The summed E-state index contributed by atoms with van der Waals surface area (Å²) in [6.07, 6.45) is 3.76. The molecule has 1 aliphatic heterocycles. The van der Waals surface area contributed by atoms with E-state index < -0.39 is 0 Å². The smallest absolute Gasteiger partial charge is 0.317 e. The van der Waals surface area contributed by atoms with Crippen LogP contribution in [-0.4, -0.2) is 12.6 Å². The van der Waals surface area contributed by atoms with Crippen LogP contribution in [0.5, 0.6) is 0 Å². The fourth-order valence-electron chi connectivity index (χ4n) is 1.40. The van der Waals surface area contributed by atoms with Crippen LogP contribution in [0, 0.1) is 0 Å². The van der Waals surface area contributed by atoms with Gasteiger partial charge in [0.2, 0.25) is 0 Å². The van der Waals surface area contributed by atoms with Gasteiger partial charge in [-0.1, -0.05) is 42.5 Å². The van der Waals surface area contributed by atoms with Gasteiger partial charge in [0.1, 0.15) is 12.5 Å². The van der Waals surface area contributed by atoms with Crippen LogP contribution >= 0.6 is 0 Å². The third-order valence-corrected chi connectivity index (χ3v) is 2.06. The zero-order valence-electron chi connectivity index (χ0n) is 7.14. The molecule has 2 nitrogen and oxygen atoms in total. The number of rotatable bonds is 1. The molecule has 1 aliphatic rings. The Morgan fingerprint density at radius 1 is 1.23 bits per heavy atom. The molecule has 1 heterocycles. The maximum absolute atomic E-state index is 11.3. The Kier molecular flexibility index (Phi) is 2.13. The van der Waals surface area contributed by atoms with Crippen molar-refractivity contribution in [3.63, 3.8) is 0 Å². The number of cyclic esters (lactones) is 1. The molecule has 0 aliphatic carbocycles. The van der Waals surface area contributed by atoms with Crippen molar-refractivity contribution in [3.8, 4) is 0 Å². The summed E-state index contributed by atoms with van der Waals surface area (Å²) >= 11 is 0.